The first-order chi connectivity index (χ1) is 9.92. The molecule has 0 aliphatic carbocycles. The molecule has 0 radical (unpaired) electrons. The van der Waals surface area contributed by atoms with E-state index < -0.39 is 0 Å². The van der Waals surface area contributed by atoms with E-state index in [1.807, 2.05) is 41.9 Å². The van der Waals surface area contributed by atoms with Gasteiger partial charge in [0.25, 0.3) is 0 Å². The van der Waals surface area contributed by atoms with Gasteiger partial charge in [-0.15, -0.1) is 0 Å². The van der Waals surface area contributed by atoms with Crippen molar-refractivity contribution in [2.24, 2.45) is 7.05 Å². The molecule has 0 N–H and O–H groups in total. The van der Waals surface area contributed by atoms with E-state index in [-0.39, 0.29) is 5.97 Å². The van der Waals surface area contributed by atoms with Crippen LogP contribution in [0.5, 0.6) is 0 Å². The zero-order chi connectivity index (χ0) is 15.6. The minimum absolute atomic E-state index is 0.372. The number of methoxy groups -OCH3 is 1. The number of hydrogen-bond acceptors (Lipinski definition) is 4. The first-order valence-electron chi connectivity index (χ1n) is 6.50. The molecule has 0 saturated carbocycles. The summed E-state index contributed by atoms with van der Waals surface area (Å²) in [7, 11) is 5.26. The third-order valence-corrected chi connectivity index (χ3v) is 3.55. The Bertz CT molecular complexity index is 667. The average Bonchev–Trinajstić information content (AvgIpc) is 2.75. The lowest BCUT2D eigenvalue weighted by Gasteiger charge is -2.19. The number of pyridine rings is 1. The molecule has 2 aromatic heterocycles. The summed E-state index contributed by atoms with van der Waals surface area (Å²) in [6, 6.07) is 5.47. The fourth-order valence-electron chi connectivity index (χ4n) is 2.13. The van der Waals surface area contributed by atoms with Crippen molar-refractivity contribution in [2.75, 3.05) is 19.1 Å². The van der Waals surface area contributed by atoms with Gasteiger partial charge in [0.1, 0.15) is 5.82 Å². The monoisotopic (exact) mass is 307 g/mol. The zero-order valence-electron chi connectivity index (χ0n) is 12.6. The van der Waals surface area contributed by atoms with Crippen LogP contribution in [0.3, 0.4) is 0 Å². The minimum Gasteiger partial charge on any atom is -0.465 e. The maximum absolute atomic E-state index is 11.6. The number of carbonyl (C=O) groups excluding carboxylic acids is 1. The van der Waals surface area contributed by atoms with Crippen molar-refractivity contribution in [3.8, 4) is 0 Å². The number of aromatic nitrogens is 2. The van der Waals surface area contributed by atoms with Gasteiger partial charge in [-0.25, -0.2) is 9.78 Å². The smallest absolute Gasteiger partial charge is 0.339 e. The van der Waals surface area contributed by atoms with Crippen LogP contribution in [0.2, 0.25) is 5.02 Å². The second-order valence-corrected chi connectivity index (χ2v) is 5.35. The number of hydrogen-bond donors (Lipinski definition) is 0. The molecule has 0 spiro atoms. The van der Waals surface area contributed by atoms with Gasteiger partial charge in [-0.3, -0.25) is 0 Å². The van der Waals surface area contributed by atoms with Gasteiger partial charge in [0.2, 0.25) is 0 Å². The van der Waals surface area contributed by atoms with Crippen LogP contribution in [0.1, 0.15) is 21.7 Å². The Morgan fingerprint density at radius 3 is 2.71 bits per heavy atom. The number of esters is 1. The Labute approximate surface area is 129 Å². The lowest BCUT2D eigenvalue weighted by atomic mass is 10.2. The van der Waals surface area contributed by atoms with Gasteiger partial charge >= 0.3 is 5.97 Å². The third-order valence-electron chi connectivity index (χ3n) is 3.34. The summed E-state index contributed by atoms with van der Waals surface area (Å²) in [5.74, 6) is 0.417. The number of rotatable bonds is 4. The first kappa shape index (κ1) is 15.4. The Morgan fingerprint density at radius 2 is 2.19 bits per heavy atom. The van der Waals surface area contributed by atoms with Gasteiger partial charge in [-0.05, 0) is 25.1 Å². The Morgan fingerprint density at radius 1 is 1.48 bits per heavy atom. The number of halogens is 1. The van der Waals surface area contributed by atoms with Crippen LogP contribution in [0.25, 0.3) is 0 Å². The number of nitrogens with zero attached hydrogens (tertiary/aromatic N) is 3. The van der Waals surface area contributed by atoms with E-state index in [1.165, 1.54) is 7.11 Å². The quantitative estimate of drug-likeness (QED) is 0.815. The third kappa shape index (κ3) is 3.36. The molecule has 0 bridgehead atoms. The van der Waals surface area contributed by atoms with E-state index in [2.05, 4.69) is 4.98 Å². The van der Waals surface area contributed by atoms with E-state index in [9.17, 15) is 4.79 Å². The van der Waals surface area contributed by atoms with Crippen molar-refractivity contribution in [3.63, 3.8) is 0 Å². The molecule has 0 atom stereocenters. The molecule has 5 nitrogen and oxygen atoms in total. The van der Waals surface area contributed by atoms with Gasteiger partial charge < -0.3 is 14.2 Å². The summed E-state index contributed by atoms with van der Waals surface area (Å²) in [6.45, 7) is 2.47. The lowest BCUT2D eigenvalue weighted by molar-refractivity contribution is 0.0599. The van der Waals surface area contributed by atoms with Gasteiger partial charge in [-0.1, -0.05) is 11.6 Å². The largest absolute Gasteiger partial charge is 0.465 e. The Balaban J connectivity index is 2.20. The summed E-state index contributed by atoms with van der Waals surface area (Å²) in [5, 5.41) is 0.714. The maximum Gasteiger partial charge on any atom is 0.339 e. The predicted octanol–water partition coefficient (Wildman–Crippen LogP) is 2.80. The van der Waals surface area contributed by atoms with Gasteiger partial charge in [0, 0.05) is 26.0 Å². The molecule has 0 fully saturated rings. The molecular formula is C15H18ClN3O2. The van der Waals surface area contributed by atoms with E-state index in [1.54, 1.807) is 13.0 Å². The van der Waals surface area contributed by atoms with E-state index in [0.717, 1.165) is 11.5 Å². The predicted molar refractivity (Wildman–Crippen MR) is 82.8 cm³/mol. The topological polar surface area (TPSA) is 47.4 Å². The molecule has 0 amide bonds. The van der Waals surface area contributed by atoms with Crippen molar-refractivity contribution in [2.45, 2.75) is 13.5 Å². The van der Waals surface area contributed by atoms with Gasteiger partial charge in [0.15, 0.2) is 0 Å². The van der Waals surface area contributed by atoms with E-state index in [0.29, 0.717) is 22.8 Å². The standard InChI is InChI=1S/C15H18ClN3O2/c1-10-13(15(20)21-4)5-6-14(17-10)19(3)9-12-7-11(16)8-18(12)2/h5-8H,9H2,1-4H3. The fourth-order valence-corrected chi connectivity index (χ4v) is 2.41. The minimum atomic E-state index is -0.372. The van der Waals surface area contributed by atoms with Crippen LogP contribution < -0.4 is 4.90 Å². The maximum atomic E-state index is 11.6. The fraction of sp³-hybridized carbons (Fsp3) is 0.333. The van der Waals surface area contributed by atoms with Crippen LogP contribution >= 0.6 is 11.6 Å². The lowest BCUT2D eigenvalue weighted by Crippen LogP contribution is -2.20. The summed E-state index contributed by atoms with van der Waals surface area (Å²) in [5.41, 5.74) is 2.21. The van der Waals surface area contributed by atoms with Crippen LogP contribution in [-0.4, -0.2) is 29.7 Å². The highest BCUT2D eigenvalue weighted by molar-refractivity contribution is 6.30. The van der Waals surface area contributed by atoms with Gasteiger partial charge in [-0.2, -0.15) is 0 Å². The van der Waals surface area contributed by atoms with Crippen LogP contribution in [0.15, 0.2) is 24.4 Å². The van der Waals surface area contributed by atoms with Crippen molar-refractivity contribution in [1.29, 1.82) is 0 Å². The van der Waals surface area contributed by atoms with Crippen LogP contribution in [-0.2, 0) is 18.3 Å². The number of ether oxygens (including phenoxy) is 1. The number of anilines is 1. The molecule has 0 aliphatic rings. The highest BCUT2D eigenvalue weighted by Crippen LogP contribution is 2.19. The Hall–Kier alpha value is -2.01. The van der Waals surface area contributed by atoms with Crippen LogP contribution in [0.4, 0.5) is 5.82 Å². The SMILES string of the molecule is COC(=O)c1ccc(N(C)Cc2cc(Cl)cn2C)nc1C. The molecule has 0 aromatic carbocycles. The molecule has 0 saturated heterocycles. The summed E-state index contributed by atoms with van der Waals surface area (Å²) in [6.07, 6.45) is 1.86. The molecule has 2 aromatic rings. The van der Waals surface area contributed by atoms with Crippen molar-refractivity contribution >= 4 is 23.4 Å². The van der Waals surface area contributed by atoms with Gasteiger partial charge in [0.05, 0.1) is 29.9 Å². The van der Waals surface area contributed by atoms with E-state index in [4.69, 9.17) is 16.3 Å². The number of aryl methyl sites for hydroxylation is 2. The van der Waals surface area contributed by atoms with Crippen molar-refractivity contribution in [3.05, 3.63) is 46.4 Å². The second kappa shape index (κ2) is 6.18. The highest BCUT2D eigenvalue weighted by Gasteiger charge is 2.13. The van der Waals surface area contributed by atoms with E-state index >= 15 is 0 Å². The summed E-state index contributed by atoms with van der Waals surface area (Å²) >= 11 is 5.99. The molecule has 112 valence electrons. The molecule has 2 heterocycles. The van der Waals surface area contributed by atoms with Crippen molar-refractivity contribution < 1.29 is 9.53 Å². The normalized spacial score (nSPS) is 10.5. The summed E-state index contributed by atoms with van der Waals surface area (Å²) in [4.78, 5) is 18.0. The zero-order valence-corrected chi connectivity index (χ0v) is 13.3. The average molecular weight is 308 g/mol. The molecular weight excluding hydrogens is 290 g/mol. The second-order valence-electron chi connectivity index (χ2n) is 4.91. The van der Waals surface area contributed by atoms with Crippen molar-refractivity contribution in [1.82, 2.24) is 9.55 Å². The molecule has 2 rings (SSSR count). The molecule has 0 aliphatic heterocycles. The Kier molecular flexibility index (Phi) is 4.53. The molecule has 0 unspecified atom stereocenters. The summed E-state index contributed by atoms with van der Waals surface area (Å²) < 4.78 is 6.70. The highest BCUT2D eigenvalue weighted by atomic mass is 35.5. The molecule has 21 heavy (non-hydrogen) atoms. The first-order valence-corrected chi connectivity index (χ1v) is 6.88. The van der Waals surface area contributed by atoms with Crippen LogP contribution in [0, 0.1) is 6.92 Å². The number of carbonyl (C=O) groups is 1. The molecule has 6 heteroatoms.